The van der Waals surface area contributed by atoms with Gasteiger partial charge in [0.2, 0.25) is 0 Å². The van der Waals surface area contributed by atoms with E-state index in [1.807, 2.05) is 30.3 Å². The van der Waals surface area contributed by atoms with Crippen molar-refractivity contribution in [3.8, 4) is 5.75 Å². The third-order valence-corrected chi connectivity index (χ3v) is 2.87. The highest BCUT2D eigenvalue weighted by molar-refractivity contribution is 5.85. The van der Waals surface area contributed by atoms with Crippen molar-refractivity contribution < 1.29 is 4.74 Å². The van der Waals surface area contributed by atoms with E-state index in [0.29, 0.717) is 0 Å². The molecule has 98 valence electrons. The highest BCUT2D eigenvalue weighted by atomic mass is 35.5. The minimum atomic E-state index is 0. The maximum Gasteiger partial charge on any atom is 0.119 e. The minimum absolute atomic E-state index is 0. The minimum Gasteiger partial charge on any atom is -0.492 e. The Morgan fingerprint density at radius 2 is 1.59 bits per heavy atom. The molecule has 1 heterocycles. The van der Waals surface area contributed by atoms with Crippen molar-refractivity contribution in [2.24, 2.45) is 0 Å². The molecule has 1 fully saturated rings. The third kappa shape index (κ3) is 6.16. The summed E-state index contributed by atoms with van der Waals surface area (Å²) < 4.78 is 5.67. The smallest absolute Gasteiger partial charge is 0.119 e. The van der Waals surface area contributed by atoms with Crippen LogP contribution in [0.5, 0.6) is 5.75 Å². The van der Waals surface area contributed by atoms with E-state index in [0.717, 1.165) is 18.9 Å². The summed E-state index contributed by atoms with van der Waals surface area (Å²) in [6, 6.07) is 10.1. The van der Waals surface area contributed by atoms with Crippen molar-refractivity contribution >= 4 is 24.8 Å². The van der Waals surface area contributed by atoms with Gasteiger partial charge < -0.3 is 4.74 Å². The normalized spacial score (nSPS) is 15.5. The molecule has 1 saturated heterocycles. The van der Waals surface area contributed by atoms with Gasteiger partial charge in [0.15, 0.2) is 0 Å². The number of halogens is 2. The molecule has 17 heavy (non-hydrogen) atoms. The molecular weight excluding hydrogens is 257 g/mol. The van der Waals surface area contributed by atoms with Gasteiger partial charge in [-0.1, -0.05) is 24.6 Å². The van der Waals surface area contributed by atoms with Crippen LogP contribution in [0.1, 0.15) is 19.3 Å². The summed E-state index contributed by atoms with van der Waals surface area (Å²) in [5.41, 5.74) is 0. The van der Waals surface area contributed by atoms with Gasteiger partial charge in [-0.3, -0.25) is 4.90 Å². The molecule has 0 radical (unpaired) electrons. The molecule has 0 aromatic heterocycles. The first-order valence-electron chi connectivity index (χ1n) is 5.85. The Morgan fingerprint density at radius 1 is 0.941 bits per heavy atom. The zero-order valence-corrected chi connectivity index (χ0v) is 11.6. The highest BCUT2D eigenvalue weighted by Gasteiger charge is 2.09. The van der Waals surface area contributed by atoms with E-state index in [1.165, 1.54) is 32.4 Å². The fourth-order valence-electron chi connectivity index (χ4n) is 1.99. The van der Waals surface area contributed by atoms with Crippen molar-refractivity contribution in [2.45, 2.75) is 19.3 Å². The van der Waals surface area contributed by atoms with E-state index in [2.05, 4.69) is 4.90 Å². The second-order valence-corrected chi connectivity index (χ2v) is 4.06. The summed E-state index contributed by atoms with van der Waals surface area (Å²) in [6.45, 7) is 4.37. The van der Waals surface area contributed by atoms with Crippen LogP contribution in [0.15, 0.2) is 30.3 Å². The van der Waals surface area contributed by atoms with E-state index >= 15 is 0 Å². The predicted octanol–water partition coefficient (Wildman–Crippen LogP) is 3.39. The first-order valence-corrected chi connectivity index (χ1v) is 5.85. The summed E-state index contributed by atoms with van der Waals surface area (Å²) in [7, 11) is 0. The van der Waals surface area contributed by atoms with Gasteiger partial charge in [0.25, 0.3) is 0 Å². The van der Waals surface area contributed by atoms with E-state index < -0.39 is 0 Å². The van der Waals surface area contributed by atoms with Gasteiger partial charge in [0.1, 0.15) is 12.4 Å². The Hall–Kier alpha value is -0.440. The highest BCUT2D eigenvalue weighted by Crippen LogP contribution is 2.10. The predicted molar refractivity (Wildman–Crippen MR) is 76.7 cm³/mol. The fraction of sp³-hybridized carbons (Fsp3) is 0.538. The van der Waals surface area contributed by atoms with Crippen LogP contribution < -0.4 is 4.74 Å². The molecule has 0 N–H and O–H groups in total. The average Bonchev–Trinajstić information content (AvgIpc) is 2.32. The topological polar surface area (TPSA) is 12.5 Å². The summed E-state index contributed by atoms with van der Waals surface area (Å²) >= 11 is 0. The van der Waals surface area contributed by atoms with Crippen LogP contribution in [0.3, 0.4) is 0 Å². The first-order chi connectivity index (χ1) is 7.45. The zero-order valence-electron chi connectivity index (χ0n) is 10.0. The van der Waals surface area contributed by atoms with Crippen molar-refractivity contribution in [3.05, 3.63) is 30.3 Å². The third-order valence-electron chi connectivity index (χ3n) is 2.87. The molecule has 1 aliphatic rings. The van der Waals surface area contributed by atoms with Crippen LogP contribution in [0.4, 0.5) is 0 Å². The van der Waals surface area contributed by atoms with Crippen molar-refractivity contribution in [1.82, 2.24) is 4.90 Å². The molecule has 0 amide bonds. The zero-order chi connectivity index (χ0) is 10.3. The van der Waals surface area contributed by atoms with E-state index in [1.54, 1.807) is 0 Å². The quantitative estimate of drug-likeness (QED) is 0.837. The monoisotopic (exact) mass is 277 g/mol. The molecular formula is C13H21Cl2NO. The van der Waals surface area contributed by atoms with Crippen molar-refractivity contribution in [3.63, 3.8) is 0 Å². The summed E-state index contributed by atoms with van der Waals surface area (Å²) in [4.78, 5) is 2.49. The summed E-state index contributed by atoms with van der Waals surface area (Å²) in [5, 5.41) is 0. The molecule has 0 unspecified atom stereocenters. The number of ether oxygens (including phenoxy) is 1. The maximum absolute atomic E-state index is 5.67. The second kappa shape index (κ2) is 9.58. The fourth-order valence-corrected chi connectivity index (χ4v) is 1.99. The molecule has 0 aliphatic carbocycles. The van der Waals surface area contributed by atoms with Gasteiger partial charge in [-0.05, 0) is 38.1 Å². The number of piperidine rings is 1. The van der Waals surface area contributed by atoms with E-state index in [9.17, 15) is 0 Å². The molecule has 1 aromatic rings. The molecule has 1 aromatic carbocycles. The second-order valence-electron chi connectivity index (χ2n) is 4.06. The number of benzene rings is 1. The molecule has 2 rings (SSSR count). The maximum atomic E-state index is 5.67. The van der Waals surface area contributed by atoms with Crippen LogP contribution in [-0.4, -0.2) is 31.1 Å². The number of likely N-dealkylation sites (tertiary alicyclic amines) is 1. The lowest BCUT2D eigenvalue weighted by molar-refractivity contribution is 0.183. The van der Waals surface area contributed by atoms with Gasteiger partial charge in [-0.25, -0.2) is 0 Å². The van der Waals surface area contributed by atoms with E-state index in [-0.39, 0.29) is 24.8 Å². The molecule has 0 atom stereocenters. The van der Waals surface area contributed by atoms with Crippen LogP contribution in [0.2, 0.25) is 0 Å². The average molecular weight is 278 g/mol. The Kier molecular flexibility index (Phi) is 9.33. The molecule has 2 nitrogen and oxygen atoms in total. The van der Waals surface area contributed by atoms with E-state index in [4.69, 9.17) is 4.74 Å². The first kappa shape index (κ1) is 16.6. The van der Waals surface area contributed by atoms with Gasteiger partial charge in [0, 0.05) is 6.54 Å². The molecule has 4 heteroatoms. The largest absolute Gasteiger partial charge is 0.492 e. The number of hydrogen-bond acceptors (Lipinski definition) is 2. The lowest BCUT2D eigenvalue weighted by atomic mass is 10.1. The van der Waals surface area contributed by atoms with Crippen molar-refractivity contribution in [2.75, 3.05) is 26.2 Å². The Morgan fingerprint density at radius 3 is 2.24 bits per heavy atom. The molecule has 0 saturated carbocycles. The lowest BCUT2D eigenvalue weighted by Crippen LogP contribution is -2.33. The standard InChI is InChI=1S/C13H19NO.2ClH/c1-3-7-13(8-4-1)15-12-11-14-9-5-2-6-10-14;;/h1,3-4,7-8H,2,5-6,9-12H2;2*1H. The number of rotatable bonds is 4. The van der Waals surface area contributed by atoms with Gasteiger partial charge in [-0.15, -0.1) is 24.8 Å². The Balaban J connectivity index is 0.00000128. The van der Waals surface area contributed by atoms with Crippen LogP contribution in [0.25, 0.3) is 0 Å². The van der Waals surface area contributed by atoms with Gasteiger partial charge in [0.05, 0.1) is 0 Å². The number of hydrogen-bond donors (Lipinski definition) is 0. The van der Waals surface area contributed by atoms with Gasteiger partial charge in [-0.2, -0.15) is 0 Å². The molecule has 0 spiro atoms. The van der Waals surface area contributed by atoms with Crippen LogP contribution in [-0.2, 0) is 0 Å². The molecule has 0 bridgehead atoms. The van der Waals surface area contributed by atoms with Crippen molar-refractivity contribution in [1.29, 1.82) is 0 Å². The Labute approximate surface area is 116 Å². The molecule has 1 aliphatic heterocycles. The van der Waals surface area contributed by atoms with Crippen LogP contribution in [0, 0.1) is 0 Å². The number of nitrogens with zero attached hydrogens (tertiary/aromatic N) is 1. The lowest BCUT2D eigenvalue weighted by Gasteiger charge is -2.26. The number of para-hydroxylation sites is 1. The van der Waals surface area contributed by atoms with Crippen LogP contribution >= 0.6 is 24.8 Å². The SMILES string of the molecule is Cl.Cl.c1ccc(OCCN2CCCCC2)cc1. The summed E-state index contributed by atoms with van der Waals surface area (Å²) in [5.74, 6) is 0.981. The van der Waals surface area contributed by atoms with Gasteiger partial charge >= 0.3 is 0 Å². The summed E-state index contributed by atoms with van der Waals surface area (Å²) in [6.07, 6.45) is 4.10. The Bertz CT molecular complexity index is 276.